The quantitative estimate of drug-likeness (QED) is 0.293. The summed E-state index contributed by atoms with van der Waals surface area (Å²) in [5.41, 5.74) is 7.30. The fraction of sp³-hybridized carbons (Fsp3) is 0.125. The third-order valence-electron chi connectivity index (χ3n) is 7.77. The molecule has 4 aromatic carbocycles. The van der Waals surface area contributed by atoms with Crippen LogP contribution < -0.4 is 9.41 Å². The number of fused-ring (bicyclic) bond motifs is 4. The Morgan fingerprint density at radius 1 is 0.649 bits per heavy atom. The van der Waals surface area contributed by atoms with Crippen molar-refractivity contribution in [3.63, 3.8) is 0 Å². The van der Waals surface area contributed by atoms with Crippen molar-refractivity contribution < 1.29 is 28.6 Å². The number of allylic oxidation sites excluding steroid dienone is 1. The van der Waals surface area contributed by atoms with E-state index in [1.807, 2.05) is 0 Å². The first-order valence-electron chi connectivity index (χ1n) is 12.2. The molecule has 7 rings (SSSR count). The number of aryl methyl sites for hydroxylation is 1. The van der Waals surface area contributed by atoms with Gasteiger partial charge in [-0.15, -0.1) is 0 Å². The first-order chi connectivity index (χ1) is 17.2. The van der Waals surface area contributed by atoms with Gasteiger partial charge in [0.25, 0.3) is 0 Å². The van der Waals surface area contributed by atoms with E-state index in [0.29, 0.717) is 8.45 Å². The van der Waals surface area contributed by atoms with Crippen LogP contribution in [-0.4, -0.2) is 0 Å². The standard InChI is InChI=1S/C17H15P2.C15H11.2FH.Ti/c1-18-13-10-12-6-5-8-14(16(12)11-13)15-7-3-4-9-17(15)19(18)2;1-2-6-12(7-3-1)14-10-4-8-13-9-5-11-15(13)14;;;/h3-11H,1-2H3;1-11H;2*1H;/q;;;;+2/p-2. The zero-order valence-corrected chi connectivity index (χ0v) is 24.0. The molecule has 1 aromatic heterocycles. The second-order valence-electron chi connectivity index (χ2n) is 9.55. The van der Waals surface area contributed by atoms with E-state index in [9.17, 15) is 0 Å². The fourth-order valence-electron chi connectivity index (χ4n) is 5.93. The van der Waals surface area contributed by atoms with Crippen LogP contribution in [0.4, 0.5) is 0 Å². The number of benzene rings is 4. The Hall–Kier alpha value is -2.47. The molecule has 0 saturated carbocycles. The van der Waals surface area contributed by atoms with Crippen LogP contribution in [0.2, 0.25) is 0 Å². The number of hydrogen-bond acceptors (Lipinski definition) is 0. The summed E-state index contributed by atoms with van der Waals surface area (Å²) in [7, 11) is -0.351. The summed E-state index contributed by atoms with van der Waals surface area (Å²) in [6, 6.07) is 36.8. The summed E-state index contributed by atoms with van der Waals surface area (Å²) < 4.78 is 1.23. The smallest absolute Gasteiger partial charge is 1.00 e. The van der Waals surface area contributed by atoms with Crippen LogP contribution in [0.3, 0.4) is 0 Å². The maximum atomic E-state index is 2.62. The number of halogens is 2. The molecular weight excluding hydrogens is 532 g/mol. The fourth-order valence-corrected chi connectivity index (χ4v) is 15.7. The molecule has 0 nitrogen and oxygen atoms in total. The molecule has 4 unspecified atom stereocenters. The molecule has 0 saturated heterocycles. The Balaban J connectivity index is 0.00000140. The number of hydrogen-bond donors (Lipinski definition) is 0. The monoisotopic (exact) mass is 558 g/mol. The topological polar surface area (TPSA) is 0 Å². The molecule has 0 aliphatic heterocycles. The molecule has 37 heavy (non-hydrogen) atoms. The molecule has 0 spiro atoms. The molecule has 0 radical (unpaired) electrons. The zero-order valence-electron chi connectivity index (χ0n) is 20.7. The maximum absolute atomic E-state index is 2.62. The summed E-state index contributed by atoms with van der Waals surface area (Å²) in [4.78, 5) is 0. The Morgan fingerprint density at radius 3 is 2.19 bits per heavy atom. The van der Waals surface area contributed by atoms with Crippen LogP contribution in [0.5, 0.6) is 0 Å². The Morgan fingerprint density at radius 2 is 1.35 bits per heavy atom. The summed E-state index contributed by atoms with van der Waals surface area (Å²) in [5.74, 6) is 0. The average Bonchev–Trinajstić information content (AvgIpc) is 3.50. The molecule has 5 aromatic rings. The van der Waals surface area contributed by atoms with Crippen molar-refractivity contribution in [1.82, 2.24) is 0 Å². The van der Waals surface area contributed by atoms with Crippen LogP contribution in [0.1, 0.15) is 30.4 Å². The van der Waals surface area contributed by atoms with Crippen molar-refractivity contribution in [2.75, 3.05) is 0 Å². The molecule has 2 aliphatic carbocycles. The van der Waals surface area contributed by atoms with E-state index in [0.717, 1.165) is 0 Å². The van der Waals surface area contributed by atoms with Crippen molar-refractivity contribution in [2.24, 2.45) is 13.3 Å². The third-order valence-corrected chi connectivity index (χ3v) is 18.1. The minimum absolute atomic E-state index is 0. The van der Waals surface area contributed by atoms with Crippen molar-refractivity contribution in [3.8, 4) is 11.1 Å². The van der Waals surface area contributed by atoms with Gasteiger partial charge in [-0.2, -0.15) is 0 Å². The average molecular weight is 558 g/mol. The van der Waals surface area contributed by atoms with E-state index in [4.69, 9.17) is 0 Å². The van der Waals surface area contributed by atoms with Crippen molar-refractivity contribution in [3.05, 3.63) is 125 Å². The van der Waals surface area contributed by atoms with Crippen LogP contribution in [0.15, 0.2) is 103 Å². The Kier molecular flexibility index (Phi) is 7.32. The molecule has 182 valence electrons. The van der Waals surface area contributed by atoms with E-state index in [1.165, 1.54) is 32.8 Å². The summed E-state index contributed by atoms with van der Waals surface area (Å²) in [5, 5.41) is 7.81. The van der Waals surface area contributed by atoms with Crippen molar-refractivity contribution in [1.29, 1.82) is 0 Å². The molecule has 2 bridgehead atoms. The van der Waals surface area contributed by atoms with Gasteiger partial charge in [0, 0.05) is 0 Å². The van der Waals surface area contributed by atoms with Crippen LogP contribution in [0.25, 0.3) is 38.5 Å². The molecular formula is C32H26F2P2Ti. The molecule has 1 heterocycles. The first kappa shape index (κ1) is 26.2. The first-order valence-corrected chi connectivity index (χ1v) is 18.3. The second kappa shape index (κ2) is 10.4. The molecule has 0 amide bonds. The largest absolute Gasteiger partial charge is 1.00 e. The number of rotatable bonds is 3. The van der Waals surface area contributed by atoms with Gasteiger partial charge >= 0.3 is 219 Å². The van der Waals surface area contributed by atoms with Gasteiger partial charge in [-0.25, -0.2) is 0 Å². The summed E-state index contributed by atoms with van der Waals surface area (Å²) in [6.07, 6.45) is 4.94. The van der Waals surface area contributed by atoms with Gasteiger partial charge in [0.1, 0.15) is 0 Å². The maximum Gasteiger partial charge on any atom is -1.00 e. The van der Waals surface area contributed by atoms with Gasteiger partial charge in [-0.05, 0) is 0 Å². The van der Waals surface area contributed by atoms with Gasteiger partial charge in [-0.3, -0.25) is 0 Å². The van der Waals surface area contributed by atoms with Crippen molar-refractivity contribution >= 4 is 41.8 Å². The molecule has 5 heteroatoms. The van der Waals surface area contributed by atoms with Crippen LogP contribution >= 0.6 is 14.4 Å². The molecule has 0 N–H and O–H groups in total. The second-order valence-corrected chi connectivity index (χ2v) is 18.6. The minimum Gasteiger partial charge on any atom is -1.00 e. The van der Waals surface area contributed by atoms with Gasteiger partial charge in [0.05, 0.1) is 0 Å². The predicted octanol–water partition coefficient (Wildman–Crippen LogP) is 4.09. The zero-order chi connectivity index (χ0) is 23.5. The predicted molar refractivity (Wildman–Crippen MR) is 152 cm³/mol. The van der Waals surface area contributed by atoms with E-state index >= 15 is 0 Å². The van der Waals surface area contributed by atoms with Crippen molar-refractivity contribution in [2.45, 2.75) is 8.45 Å². The van der Waals surface area contributed by atoms with Gasteiger partial charge < -0.3 is 9.41 Å². The normalized spacial score (nSPS) is 17.2. The van der Waals surface area contributed by atoms with E-state index in [1.54, 1.807) is 21.5 Å². The van der Waals surface area contributed by atoms with Gasteiger partial charge in [0.15, 0.2) is 0 Å². The molecule has 2 aliphatic rings. The van der Waals surface area contributed by atoms with Gasteiger partial charge in [0.2, 0.25) is 0 Å². The van der Waals surface area contributed by atoms with E-state index < -0.39 is 0 Å². The molecule has 0 fully saturated rings. The van der Waals surface area contributed by atoms with E-state index in [-0.39, 0.29) is 43.0 Å². The van der Waals surface area contributed by atoms with E-state index in [2.05, 4.69) is 123 Å². The van der Waals surface area contributed by atoms with Crippen LogP contribution in [0, 0.1) is 0 Å². The van der Waals surface area contributed by atoms with Gasteiger partial charge in [-0.1, -0.05) is 0 Å². The SMILES string of the molecule is Cp1c2cc3c(cccc3c3ccccc3p1C)[CH]2[Ti+2][CH]1C=Cc2c(-c3ccccc3)cccc21.[F-].[F-]. The van der Waals surface area contributed by atoms with Crippen LogP contribution in [-0.2, 0) is 32.5 Å². The minimum atomic E-state index is -0.310. The Bertz CT molecular complexity index is 1710. The summed E-state index contributed by atoms with van der Waals surface area (Å²) in [6.45, 7) is 5.09. The third kappa shape index (κ3) is 4.16. The summed E-state index contributed by atoms with van der Waals surface area (Å²) >= 11 is -0.310. The molecule has 4 atom stereocenters. The Labute approximate surface area is 227 Å².